The minimum Gasteiger partial charge on any atom is -0.468 e. The van der Waals surface area contributed by atoms with Crippen molar-refractivity contribution in [3.8, 4) is 0 Å². The molecule has 5 aliphatic rings. The van der Waals surface area contributed by atoms with Crippen LogP contribution in [0, 0.1) is 50.2 Å². The van der Waals surface area contributed by atoms with Crippen LogP contribution in [0.4, 0.5) is 0 Å². The minimum absolute atomic E-state index is 0.000207. The van der Waals surface area contributed by atoms with Crippen LogP contribution in [0.15, 0.2) is 11.6 Å². The molecule has 0 aliphatic heterocycles. The highest BCUT2D eigenvalue weighted by atomic mass is 16.5. The lowest BCUT2D eigenvalue weighted by molar-refractivity contribution is -0.215. The van der Waals surface area contributed by atoms with Crippen molar-refractivity contribution in [2.45, 2.75) is 112 Å². The number of esters is 1. The van der Waals surface area contributed by atoms with E-state index in [2.05, 4.69) is 52.9 Å². The fraction of sp³-hybridized carbons (Fsp3) is 0.879. The van der Waals surface area contributed by atoms with Crippen LogP contribution >= 0.6 is 0 Å². The van der Waals surface area contributed by atoms with E-state index in [9.17, 15) is 19.8 Å². The van der Waals surface area contributed by atoms with Crippen molar-refractivity contribution in [1.29, 1.82) is 0 Å². The molecule has 9 atom stereocenters. The van der Waals surface area contributed by atoms with Gasteiger partial charge < -0.3 is 20.3 Å². The van der Waals surface area contributed by atoms with Crippen LogP contribution in [0.2, 0.25) is 0 Å². The van der Waals surface area contributed by atoms with Gasteiger partial charge in [-0.05, 0) is 104 Å². The molecular weight excluding hydrogens is 490 g/mol. The second-order valence-corrected chi connectivity index (χ2v) is 15.8. The first-order valence-corrected chi connectivity index (χ1v) is 15.5. The van der Waals surface area contributed by atoms with Gasteiger partial charge in [-0.3, -0.25) is 9.59 Å². The maximum atomic E-state index is 13.9. The molecule has 0 heterocycles. The molecule has 0 saturated heterocycles. The van der Waals surface area contributed by atoms with Crippen molar-refractivity contribution in [1.82, 2.24) is 5.32 Å². The third kappa shape index (κ3) is 3.93. The Kier molecular flexibility index (Phi) is 6.94. The Morgan fingerprint density at radius 2 is 1.67 bits per heavy atom. The summed E-state index contributed by atoms with van der Waals surface area (Å²) < 4.78 is 4.81. The number of carbonyl (C=O) groups is 2. The molecule has 4 saturated carbocycles. The second-order valence-electron chi connectivity index (χ2n) is 15.8. The standard InChI is InChI=1S/C33H53NO5/c1-28(2)14-16-33(27(38)34-19-26(37)39-7)17-15-31(5)21(22(33)18-28)8-9-24-29(3)12-11-25(36)30(4,20-35)23(29)10-13-32(24,31)6/h8,22-25,35-36H,9-20H2,1-7H3,(H,34,38)/t22-,23+,24+,25-,29-,30-,31+,32+,33-/m0/s1. The number of nitrogens with one attached hydrogen (secondary N) is 1. The number of fused-ring (bicyclic) bond motifs is 7. The number of aliphatic hydroxyl groups is 2. The van der Waals surface area contributed by atoms with Gasteiger partial charge in [-0.25, -0.2) is 0 Å². The summed E-state index contributed by atoms with van der Waals surface area (Å²) in [5.41, 5.74) is 0.899. The zero-order valence-electron chi connectivity index (χ0n) is 25.5. The predicted molar refractivity (Wildman–Crippen MR) is 151 cm³/mol. The zero-order chi connectivity index (χ0) is 28.6. The molecule has 6 nitrogen and oxygen atoms in total. The molecule has 5 rings (SSSR count). The van der Waals surface area contributed by atoms with Crippen LogP contribution < -0.4 is 5.32 Å². The molecule has 1 amide bonds. The number of hydrogen-bond donors (Lipinski definition) is 3. The van der Waals surface area contributed by atoms with Crippen LogP contribution in [0.5, 0.6) is 0 Å². The van der Waals surface area contributed by atoms with E-state index in [1.165, 1.54) is 12.7 Å². The van der Waals surface area contributed by atoms with Gasteiger partial charge in [0.2, 0.25) is 5.91 Å². The molecule has 5 aliphatic carbocycles. The summed E-state index contributed by atoms with van der Waals surface area (Å²) in [7, 11) is 1.36. The quantitative estimate of drug-likeness (QED) is 0.325. The van der Waals surface area contributed by atoms with Gasteiger partial charge in [-0.1, -0.05) is 53.2 Å². The van der Waals surface area contributed by atoms with E-state index < -0.39 is 22.9 Å². The van der Waals surface area contributed by atoms with E-state index in [-0.39, 0.29) is 46.6 Å². The molecule has 39 heavy (non-hydrogen) atoms. The van der Waals surface area contributed by atoms with Crippen molar-refractivity contribution in [2.75, 3.05) is 20.3 Å². The van der Waals surface area contributed by atoms with Gasteiger partial charge in [0.25, 0.3) is 0 Å². The molecule has 0 unspecified atom stereocenters. The Morgan fingerprint density at radius 3 is 2.33 bits per heavy atom. The molecule has 0 spiro atoms. The molecule has 0 bridgehead atoms. The summed E-state index contributed by atoms with van der Waals surface area (Å²) in [4.78, 5) is 25.8. The third-order valence-corrected chi connectivity index (χ3v) is 13.8. The molecule has 0 aromatic heterocycles. The van der Waals surface area contributed by atoms with Crippen LogP contribution in [0.3, 0.4) is 0 Å². The summed E-state index contributed by atoms with van der Waals surface area (Å²) in [5, 5.41) is 24.4. The largest absolute Gasteiger partial charge is 0.468 e. The number of amides is 1. The summed E-state index contributed by atoms with van der Waals surface area (Å²) in [5.74, 6) is 0.581. The maximum Gasteiger partial charge on any atom is 0.325 e. The van der Waals surface area contributed by atoms with Gasteiger partial charge in [0.1, 0.15) is 6.54 Å². The summed E-state index contributed by atoms with van der Waals surface area (Å²) in [6, 6.07) is 0. The zero-order valence-corrected chi connectivity index (χ0v) is 25.5. The first-order chi connectivity index (χ1) is 18.1. The van der Waals surface area contributed by atoms with Crippen molar-refractivity contribution in [3.63, 3.8) is 0 Å². The van der Waals surface area contributed by atoms with Gasteiger partial charge in [0.05, 0.1) is 25.2 Å². The maximum absolute atomic E-state index is 13.9. The molecule has 220 valence electrons. The van der Waals surface area contributed by atoms with E-state index in [0.29, 0.717) is 11.8 Å². The fourth-order valence-corrected chi connectivity index (χ4v) is 11.1. The Bertz CT molecular complexity index is 1050. The first kappa shape index (κ1) is 29.1. The number of carbonyl (C=O) groups excluding carboxylic acids is 2. The Morgan fingerprint density at radius 1 is 0.974 bits per heavy atom. The monoisotopic (exact) mass is 543 g/mol. The number of hydrogen-bond acceptors (Lipinski definition) is 5. The molecule has 6 heteroatoms. The van der Waals surface area contributed by atoms with Crippen molar-refractivity contribution in [2.24, 2.45) is 50.2 Å². The number of allylic oxidation sites excluding steroid dienone is 2. The van der Waals surface area contributed by atoms with E-state index in [4.69, 9.17) is 4.74 Å². The van der Waals surface area contributed by atoms with Crippen molar-refractivity contribution < 1.29 is 24.5 Å². The van der Waals surface area contributed by atoms with Crippen LogP contribution in [-0.4, -0.2) is 48.5 Å². The molecule has 0 radical (unpaired) electrons. The lowest BCUT2D eigenvalue weighted by Crippen LogP contribution is -2.66. The number of aliphatic hydroxyl groups excluding tert-OH is 2. The third-order valence-electron chi connectivity index (χ3n) is 13.8. The first-order valence-electron chi connectivity index (χ1n) is 15.5. The Hall–Kier alpha value is -1.40. The number of rotatable bonds is 4. The predicted octanol–water partition coefficient (Wildman–Crippen LogP) is 5.41. The van der Waals surface area contributed by atoms with Crippen LogP contribution in [-0.2, 0) is 14.3 Å². The molecule has 3 N–H and O–H groups in total. The van der Waals surface area contributed by atoms with Gasteiger partial charge in [-0.2, -0.15) is 0 Å². The van der Waals surface area contributed by atoms with Gasteiger partial charge in [0.15, 0.2) is 0 Å². The lowest BCUT2D eigenvalue weighted by atomic mass is 9.33. The van der Waals surface area contributed by atoms with E-state index in [0.717, 1.165) is 64.2 Å². The summed E-state index contributed by atoms with van der Waals surface area (Å²) >= 11 is 0. The van der Waals surface area contributed by atoms with Crippen LogP contribution in [0.1, 0.15) is 106 Å². The number of methoxy groups -OCH3 is 1. The highest BCUT2D eigenvalue weighted by molar-refractivity contribution is 5.87. The van der Waals surface area contributed by atoms with E-state index >= 15 is 0 Å². The molecule has 0 aromatic rings. The normalized spacial score (nSPS) is 48.4. The smallest absolute Gasteiger partial charge is 0.325 e. The molecule has 0 aromatic carbocycles. The highest BCUT2D eigenvalue weighted by Crippen LogP contribution is 2.75. The average Bonchev–Trinajstić information content (AvgIpc) is 2.89. The van der Waals surface area contributed by atoms with Gasteiger partial charge in [0, 0.05) is 5.41 Å². The van der Waals surface area contributed by atoms with Gasteiger partial charge >= 0.3 is 5.97 Å². The summed E-state index contributed by atoms with van der Waals surface area (Å²) in [6.45, 7) is 14.3. The average molecular weight is 544 g/mol. The minimum atomic E-state index is -0.469. The lowest BCUT2D eigenvalue weighted by Gasteiger charge is -2.71. The van der Waals surface area contributed by atoms with Crippen molar-refractivity contribution >= 4 is 11.9 Å². The Balaban J connectivity index is 1.54. The summed E-state index contributed by atoms with van der Waals surface area (Å²) in [6.07, 6.45) is 11.7. The van der Waals surface area contributed by atoms with Crippen LogP contribution in [0.25, 0.3) is 0 Å². The fourth-order valence-electron chi connectivity index (χ4n) is 11.1. The van der Waals surface area contributed by atoms with Crippen molar-refractivity contribution in [3.05, 3.63) is 11.6 Å². The molecule has 4 fully saturated rings. The molecular formula is C33H53NO5. The second kappa shape index (κ2) is 9.31. The topological polar surface area (TPSA) is 95.9 Å². The van der Waals surface area contributed by atoms with Gasteiger partial charge in [-0.15, -0.1) is 0 Å². The SMILES string of the molecule is COC(=O)CNC(=O)[C@]12CCC(C)(C)C[C@H]1C1=CC[C@@H]3[C@@]4(C)CC[C@H](O)[C@@](C)(CO)[C@@H]4CC[C@@]3(C)[C@]1(C)CC2. The highest BCUT2D eigenvalue weighted by Gasteiger charge is 2.69. The number of ether oxygens (including phenoxy) is 1. The Labute approximate surface area is 235 Å². The van der Waals surface area contributed by atoms with E-state index in [1.54, 1.807) is 0 Å². The van der Waals surface area contributed by atoms with E-state index in [1.807, 2.05) is 0 Å².